The zero-order valence-electron chi connectivity index (χ0n) is 17.1. The van der Waals surface area contributed by atoms with Crippen LogP contribution in [0.15, 0.2) is 48.5 Å². The largest absolute Gasteiger partial charge is 0.364 e. The number of nitrogens with zero attached hydrogens (tertiary/aromatic N) is 4. The van der Waals surface area contributed by atoms with Gasteiger partial charge in [0.1, 0.15) is 17.4 Å². The summed E-state index contributed by atoms with van der Waals surface area (Å²) < 4.78 is 8.91. The van der Waals surface area contributed by atoms with Crippen molar-refractivity contribution >= 4 is 33.1 Å². The molecule has 8 heteroatoms. The number of para-hydroxylation sites is 1. The number of fused-ring (bicyclic) bond motifs is 2. The first kappa shape index (κ1) is 19.8. The number of aromatic nitrogens is 4. The van der Waals surface area contributed by atoms with Crippen LogP contribution in [-0.4, -0.2) is 32.3 Å². The van der Waals surface area contributed by atoms with E-state index in [0.717, 1.165) is 63.9 Å². The van der Waals surface area contributed by atoms with Crippen LogP contribution in [0.2, 0.25) is 0 Å². The number of carbonyl (C=O) groups excluding carboxylic acids is 1. The number of hydrogen-bond donors (Lipinski definition) is 1. The fraction of sp³-hybridized carbons (Fsp3) is 0.304. The zero-order valence-corrected chi connectivity index (χ0v) is 17.9. The third kappa shape index (κ3) is 4.50. The van der Waals surface area contributed by atoms with E-state index < -0.39 is 0 Å². The van der Waals surface area contributed by atoms with E-state index in [1.165, 1.54) is 6.42 Å². The van der Waals surface area contributed by atoms with Crippen LogP contribution in [0.4, 0.5) is 5.69 Å². The molecule has 0 unspecified atom stereocenters. The summed E-state index contributed by atoms with van der Waals surface area (Å²) in [6, 6.07) is 15.7. The molecule has 31 heavy (non-hydrogen) atoms. The van der Waals surface area contributed by atoms with Crippen molar-refractivity contribution in [3.05, 3.63) is 59.4 Å². The molecule has 2 aromatic carbocycles. The summed E-state index contributed by atoms with van der Waals surface area (Å²) in [5.41, 5.74) is 2.63. The molecule has 0 fully saturated rings. The van der Waals surface area contributed by atoms with E-state index in [9.17, 15) is 4.79 Å². The van der Waals surface area contributed by atoms with E-state index in [1.807, 2.05) is 48.5 Å². The van der Waals surface area contributed by atoms with Gasteiger partial charge < -0.3 is 14.6 Å². The SMILES string of the molecule is O=C(COCc1nc2ccccc2s1)Nc1cccc(-c2nnc3n2CCCCC3)c1. The fourth-order valence-corrected chi connectivity index (χ4v) is 4.75. The maximum atomic E-state index is 12.4. The first-order chi connectivity index (χ1) is 15.3. The van der Waals surface area contributed by atoms with E-state index in [4.69, 9.17) is 4.74 Å². The Hall–Kier alpha value is -3.10. The lowest BCUT2D eigenvalue weighted by Crippen LogP contribution is -2.18. The van der Waals surface area contributed by atoms with Gasteiger partial charge >= 0.3 is 0 Å². The number of benzene rings is 2. The molecule has 0 saturated heterocycles. The molecule has 1 amide bonds. The van der Waals surface area contributed by atoms with E-state index in [-0.39, 0.29) is 12.5 Å². The van der Waals surface area contributed by atoms with Crippen molar-refractivity contribution in [2.75, 3.05) is 11.9 Å². The molecule has 7 nitrogen and oxygen atoms in total. The molecular formula is C23H23N5O2S. The second-order valence-corrected chi connectivity index (χ2v) is 8.71. The first-order valence-electron chi connectivity index (χ1n) is 10.5. The summed E-state index contributed by atoms with van der Waals surface area (Å²) in [5.74, 6) is 1.71. The van der Waals surface area contributed by atoms with Crippen LogP contribution >= 0.6 is 11.3 Å². The van der Waals surface area contributed by atoms with Crippen molar-refractivity contribution in [2.45, 2.75) is 38.8 Å². The lowest BCUT2D eigenvalue weighted by atomic mass is 10.2. The van der Waals surface area contributed by atoms with Gasteiger partial charge in [0, 0.05) is 24.2 Å². The lowest BCUT2D eigenvalue weighted by molar-refractivity contribution is -0.121. The van der Waals surface area contributed by atoms with Crippen molar-refractivity contribution in [3.63, 3.8) is 0 Å². The molecule has 1 aliphatic rings. The number of ether oxygens (including phenoxy) is 1. The molecule has 158 valence electrons. The molecule has 0 aliphatic carbocycles. The van der Waals surface area contributed by atoms with Gasteiger partial charge in [-0.05, 0) is 37.1 Å². The number of rotatable bonds is 6. The number of aryl methyl sites for hydroxylation is 1. The summed E-state index contributed by atoms with van der Waals surface area (Å²) in [7, 11) is 0. The van der Waals surface area contributed by atoms with Gasteiger partial charge in [-0.2, -0.15) is 0 Å². The van der Waals surface area contributed by atoms with Crippen molar-refractivity contribution in [1.82, 2.24) is 19.7 Å². The van der Waals surface area contributed by atoms with Crippen LogP contribution in [0, 0.1) is 0 Å². The van der Waals surface area contributed by atoms with Crippen molar-refractivity contribution in [1.29, 1.82) is 0 Å². The number of amides is 1. The molecular weight excluding hydrogens is 410 g/mol. The molecule has 3 heterocycles. The highest BCUT2D eigenvalue weighted by atomic mass is 32.1. The van der Waals surface area contributed by atoms with Crippen molar-refractivity contribution in [2.24, 2.45) is 0 Å². The monoisotopic (exact) mass is 433 g/mol. The second kappa shape index (κ2) is 8.95. The number of carbonyl (C=O) groups is 1. The third-order valence-electron chi connectivity index (χ3n) is 5.31. The smallest absolute Gasteiger partial charge is 0.250 e. The third-order valence-corrected chi connectivity index (χ3v) is 6.32. The second-order valence-electron chi connectivity index (χ2n) is 7.60. The molecule has 1 aliphatic heterocycles. The van der Waals surface area contributed by atoms with Gasteiger partial charge in [0.15, 0.2) is 5.82 Å². The average molecular weight is 434 g/mol. The van der Waals surface area contributed by atoms with Gasteiger partial charge in [-0.1, -0.05) is 30.7 Å². The Balaban J connectivity index is 1.20. The Morgan fingerprint density at radius 3 is 2.97 bits per heavy atom. The molecule has 4 aromatic rings. The van der Waals surface area contributed by atoms with Crippen molar-refractivity contribution in [3.8, 4) is 11.4 Å². The Labute approximate surface area is 184 Å². The van der Waals surface area contributed by atoms with Crippen LogP contribution < -0.4 is 5.32 Å². The van der Waals surface area contributed by atoms with Crippen LogP contribution in [0.25, 0.3) is 21.6 Å². The Morgan fingerprint density at radius 2 is 2.03 bits per heavy atom. The van der Waals surface area contributed by atoms with E-state index in [1.54, 1.807) is 11.3 Å². The summed E-state index contributed by atoms with van der Waals surface area (Å²) >= 11 is 1.58. The average Bonchev–Trinajstić information content (AvgIpc) is 3.30. The summed E-state index contributed by atoms with van der Waals surface area (Å²) in [6.45, 7) is 1.23. The highest BCUT2D eigenvalue weighted by Gasteiger charge is 2.16. The summed E-state index contributed by atoms with van der Waals surface area (Å²) in [4.78, 5) is 16.9. The number of anilines is 1. The quantitative estimate of drug-likeness (QED) is 0.486. The van der Waals surface area contributed by atoms with Gasteiger partial charge in [-0.15, -0.1) is 21.5 Å². The standard InChI is InChI=1S/C23H23N5O2S/c29-21(14-30-15-22-25-18-9-3-4-10-19(18)31-22)24-17-8-6-7-16(13-17)23-27-26-20-11-2-1-5-12-28(20)23/h3-4,6-10,13H,1-2,5,11-12,14-15H2,(H,24,29). The maximum absolute atomic E-state index is 12.4. The highest BCUT2D eigenvalue weighted by molar-refractivity contribution is 7.18. The maximum Gasteiger partial charge on any atom is 0.250 e. The Morgan fingerprint density at radius 1 is 1.10 bits per heavy atom. The van der Waals surface area contributed by atoms with Gasteiger partial charge in [-0.3, -0.25) is 4.79 Å². The Bertz CT molecular complexity index is 1180. The first-order valence-corrected chi connectivity index (χ1v) is 11.3. The molecule has 2 aromatic heterocycles. The predicted molar refractivity (Wildman–Crippen MR) is 121 cm³/mol. The van der Waals surface area contributed by atoms with Crippen LogP contribution in [0.5, 0.6) is 0 Å². The van der Waals surface area contributed by atoms with Crippen LogP contribution in [0.3, 0.4) is 0 Å². The lowest BCUT2D eigenvalue weighted by Gasteiger charge is -2.09. The minimum Gasteiger partial charge on any atom is -0.364 e. The van der Waals surface area contributed by atoms with E-state index >= 15 is 0 Å². The minimum atomic E-state index is -0.196. The van der Waals surface area contributed by atoms with Crippen LogP contribution in [0.1, 0.15) is 30.1 Å². The summed E-state index contributed by atoms with van der Waals surface area (Å²) in [6.07, 6.45) is 4.48. The molecule has 5 rings (SSSR count). The van der Waals surface area contributed by atoms with Gasteiger partial charge in [0.2, 0.25) is 5.91 Å². The van der Waals surface area contributed by atoms with Gasteiger partial charge in [-0.25, -0.2) is 4.98 Å². The molecule has 0 radical (unpaired) electrons. The molecule has 0 bridgehead atoms. The van der Waals surface area contributed by atoms with E-state index in [2.05, 4.69) is 25.1 Å². The predicted octanol–water partition coefficient (Wildman–Crippen LogP) is 4.44. The summed E-state index contributed by atoms with van der Waals surface area (Å²) in [5, 5.41) is 12.5. The molecule has 1 N–H and O–H groups in total. The Kier molecular flexibility index (Phi) is 5.73. The molecule has 0 spiro atoms. The van der Waals surface area contributed by atoms with Gasteiger partial charge in [0.05, 0.1) is 16.8 Å². The molecule has 0 atom stereocenters. The molecule has 0 saturated carbocycles. The normalized spacial score (nSPS) is 13.7. The van der Waals surface area contributed by atoms with Crippen LogP contribution in [-0.2, 0) is 29.1 Å². The van der Waals surface area contributed by atoms with Gasteiger partial charge in [0.25, 0.3) is 0 Å². The fourth-order valence-electron chi connectivity index (χ4n) is 3.84. The minimum absolute atomic E-state index is 0.0273. The number of hydrogen-bond acceptors (Lipinski definition) is 6. The number of thiazole rings is 1. The topological polar surface area (TPSA) is 81.9 Å². The zero-order chi connectivity index (χ0) is 21.0. The van der Waals surface area contributed by atoms with Crippen molar-refractivity contribution < 1.29 is 9.53 Å². The van der Waals surface area contributed by atoms with E-state index in [0.29, 0.717) is 6.61 Å². The highest BCUT2D eigenvalue weighted by Crippen LogP contribution is 2.25. The number of nitrogens with one attached hydrogen (secondary N) is 1.